The predicted molar refractivity (Wildman–Crippen MR) is 110 cm³/mol. The molecule has 1 unspecified atom stereocenters. The molecule has 3 rings (SSSR count). The third kappa shape index (κ3) is 4.43. The summed E-state index contributed by atoms with van der Waals surface area (Å²) in [6.07, 6.45) is 3.29. The maximum atomic E-state index is 12.6. The van der Waals surface area contributed by atoms with Crippen molar-refractivity contribution in [2.24, 2.45) is 0 Å². The van der Waals surface area contributed by atoms with Gasteiger partial charge in [0, 0.05) is 17.7 Å². The number of hydrogen-bond acceptors (Lipinski definition) is 3. The molecule has 2 atom stereocenters. The number of anilines is 1. The van der Waals surface area contributed by atoms with Crippen molar-refractivity contribution >= 4 is 21.6 Å². The van der Waals surface area contributed by atoms with Gasteiger partial charge in [-0.3, -0.25) is 4.79 Å². The van der Waals surface area contributed by atoms with Crippen molar-refractivity contribution in [2.75, 3.05) is 26.0 Å². The van der Waals surface area contributed by atoms with Crippen LogP contribution in [0, 0.1) is 6.92 Å². The fourth-order valence-electron chi connectivity index (χ4n) is 3.92. The molecule has 150 valence electrons. The number of carbonyl (C=O) groups is 1. The number of amides is 1. The summed E-state index contributed by atoms with van der Waals surface area (Å²) < 4.78 is 26.6. The number of carbonyl (C=O) groups excluding carboxylic acids is 1. The van der Waals surface area contributed by atoms with E-state index in [-0.39, 0.29) is 10.8 Å². The zero-order valence-corrected chi connectivity index (χ0v) is 17.4. The SMILES string of the molecule is CNS(=O)(=O)c1cc(NC(=O)C[NH+](C)[C@H]2CCCc3ccccc32)ccc1C. The van der Waals surface area contributed by atoms with Crippen LogP contribution in [0.1, 0.15) is 35.6 Å². The van der Waals surface area contributed by atoms with E-state index in [2.05, 4.69) is 34.3 Å². The first kappa shape index (κ1) is 20.5. The highest BCUT2D eigenvalue weighted by molar-refractivity contribution is 7.89. The molecule has 0 radical (unpaired) electrons. The van der Waals surface area contributed by atoms with Crippen LogP contribution >= 0.6 is 0 Å². The molecule has 0 spiro atoms. The van der Waals surface area contributed by atoms with Crippen LogP contribution in [0.4, 0.5) is 5.69 Å². The maximum Gasteiger partial charge on any atom is 0.279 e. The molecule has 7 heteroatoms. The van der Waals surface area contributed by atoms with E-state index in [0.717, 1.165) is 24.2 Å². The zero-order valence-electron chi connectivity index (χ0n) is 16.6. The Bertz CT molecular complexity index is 973. The predicted octanol–water partition coefficient (Wildman–Crippen LogP) is 1.43. The van der Waals surface area contributed by atoms with Crippen molar-refractivity contribution in [3.05, 3.63) is 59.2 Å². The first-order valence-electron chi connectivity index (χ1n) is 9.56. The highest BCUT2D eigenvalue weighted by Gasteiger charge is 2.28. The Morgan fingerprint density at radius 1 is 1.21 bits per heavy atom. The van der Waals surface area contributed by atoms with Gasteiger partial charge in [-0.2, -0.15) is 0 Å². The Kier molecular flexibility index (Phi) is 6.17. The van der Waals surface area contributed by atoms with Gasteiger partial charge in [0.15, 0.2) is 6.54 Å². The lowest BCUT2D eigenvalue weighted by atomic mass is 9.87. The zero-order chi connectivity index (χ0) is 20.3. The second kappa shape index (κ2) is 8.43. The van der Waals surface area contributed by atoms with Crippen LogP contribution in [0.2, 0.25) is 0 Å². The highest BCUT2D eigenvalue weighted by atomic mass is 32.2. The second-order valence-electron chi connectivity index (χ2n) is 7.40. The first-order chi connectivity index (χ1) is 13.3. The number of fused-ring (bicyclic) bond motifs is 1. The summed E-state index contributed by atoms with van der Waals surface area (Å²) in [6.45, 7) is 2.05. The summed E-state index contributed by atoms with van der Waals surface area (Å²) in [5.74, 6) is -0.128. The van der Waals surface area contributed by atoms with Crippen LogP contribution in [-0.2, 0) is 21.2 Å². The van der Waals surface area contributed by atoms with Crippen molar-refractivity contribution in [3.8, 4) is 0 Å². The lowest BCUT2D eigenvalue weighted by Crippen LogP contribution is -3.10. The lowest BCUT2D eigenvalue weighted by Gasteiger charge is -2.30. The molecule has 0 saturated heterocycles. The number of sulfonamides is 1. The van der Waals surface area contributed by atoms with Crippen molar-refractivity contribution in [2.45, 2.75) is 37.1 Å². The summed E-state index contributed by atoms with van der Waals surface area (Å²) in [7, 11) is -0.152. The molecule has 2 aromatic rings. The lowest BCUT2D eigenvalue weighted by molar-refractivity contribution is -0.905. The Morgan fingerprint density at radius 3 is 2.71 bits per heavy atom. The van der Waals surface area contributed by atoms with Crippen LogP contribution in [0.15, 0.2) is 47.4 Å². The molecule has 2 aromatic carbocycles. The molecule has 0 fully saturated rings. The number of likely N-dealkylation sites (N-methyl/N-ethyl adjacent to an activating group) is 1. The van der Waals surface area contributed by atoms with E-state index in [1.165, 1.54) is 24.2 Å². The quantitative estimate of drug-likeness (QED) is 0.684. The molecule has 28 heavy (non-hydrogen) atoms. The molecular weight excluding hydrogens is 374 g/mol. The summed E-state index contributed by atoms with van der Waals surface area (Å²) in [6, 6.07) is 13.7. The van der Waals surface area contributed by atoms with Crippen LogP contribution in [0.3, 0.4) is 0 Å². The number of rotatable bonds is 6. The molecule has 0 aromatic heterocycles. The molecule has 0 saturated carbocycles. The van der Waals surface area contributed by atoms with Gasteiger partial charge >= 0.3 is 0 Å². The molecule has 3 N–H and O–H groups in total. The van der Waals surface area contributed by atoms with Crippen LogP contribution in [-0.4, -0.2) is 35.0 Å². The molecule has 6 nitrogen and oxygen atoms in total. The topological polar surface area (TPSA) is 79.7 Å². The van der Waals surface area contributed by atoms with Gasteiger partial charge in [-0.25, -0.2) is 13.1 Å². The van der Waals surface area contributed by atoms with Gasteiger partial charge in [-0.05, 0) is 50.1 Å². The number of benzene rings is 2. The van der Waals surface area contributed by atoms with Crippen LogP contribution in [0.25, 0.3) is 0 Å². The van der Waals surface area contributed by atoms with Gasteiger partial charge in [0.1, 0.15) is 6.04 Å². The van der Waals surface area contributed by atoms with Gasteiger partial charge in [-0.1, -0.05) is 30.3 Å². The molecule has 1 aliphatic rings. The molecule has 0 aliphatic heterocycles. The monoisotopic (exact) mass is 402 g/mol. The van der Waals surface area contributed by atoms with E-state index in [1.807, 2.05) is 7.05 Å². The average Bonchev–Trinajstić information content (AvgIpc) is 2.68. The van der Waals surface area contributed by atoms with Gasteiger partial charge < -0.3 is 10.2 Å². The van der Waals surface area contributed by atoms with Crippen molar-refractivity contribution in [3.63, 3.8) is 0 Å². The normalized spacial score (nSPS) is 17.6. The minimum absolute atomic E-state index is 0.128. The maximum absolute atomic E-state index is 12.6. The second-order valence-corrected chi connectivity index (χ2v) is 9.26. The van der Waals surface area contributed by atoms with Crippen LogP contribution in [0.5, 0.6) is 0 Å². The van der Waals surface area contributed by atoms with Gasteiger partial charge in [0.05, 0.1) is 11.9 Å². The van der Waals surface area contributed by atoms with Crippen molar-refractivity contribution in [1.29, 1.82) is 0 Å². The molecule has 1 amide bonds. The molecule has 0 heterocycles. The fourth-order valence-corrected chi connectivity index (χ4v) is 4.92. The van der Waals surface area contributed by atoms with Gasteiger partial charge in [0.2, 0.25) is 10.0 Å². The summed E-state index contributed by atoms with van der Waals surface area (Å²) in [5.41, 5.74) is 3.82. The first-order valence-corrected chi connectivity index (χ1v) is 11.0. The third-order valence-corrected chi connectivity index (χ3v) is 6.99. The highest BCUT2D eigenvalue weighted by Crippen LogP contribution is 2.27. The van der Waals surface area contributed by atoms with Crippen molar-refractivity contribution < 1.29 is 18.1 Å². The summed E-state index contributed by atoms with van der Waals surface area (Å²) in [5, 5.41) is 2.85. The number of quaternary nitrogens is 1. The van der Waals surface area contributed by atoms with Crippen LogP contribution < -0.4 is 14.9 Å². The number of hydrogen-bond donors (Lipinski definition) is 3. The third-order valence-electron chi connectivity index (χ3n) is 5.43. The molecule has 0 bridgehead atoms. The van der Waals surface area contributed by atoms with E-state index in [9.17, 15) is 13.2 Å². The average molecular weight is 403 g/mol. The minimum atomic E-state index is -3.57. The Balaban J connectivity index is 1.71. The smallest absolute Gasteiger partial charge is 0.279 e. The largest absolute Gasteiger partial charge is 0.323 e. The van der Waals surface area contributed by atoms with E-state index in [4.69, 9.17) is 0 Å². The standard InChI is InChI=1S/C21H27N3O3S/c1-15-11-12-17(13-20(15)28(26,27)22-2)23-21(25)14-24(3)19-10-6-8-16-7-4-5-9-18(16)19/h4-5,7,9,11-13,19,22H,6,8,10,14H2,1-3H3,(H,23,25)/p+1/t19-/m0/s1. The molecule has 1 aliphatic carbocycles. The Morgan fingerprint density at radius 2 is 1.96 bits per heavy atom. The Labute approximate surface area is 167 Å². The fraction of sp³-hybridized carbons (Fsp3) is 0.381. The molecular formula is C21H28N3O3S+. The van der Waals surface area contributed by atoms with Crippen molar-refractivity contribution in [1.82, 2.24) is 4.72 Å². The summed E-state index contributed by atoms with van der Waals surface area (Å²) in [4.78, 5) is 13.9. The van der Waals surface area contributed by atoms with E-state index in [0.29, 0.717) is 23.8 Å². The van der Waals surface area contributed by atoms with E-state index >= 15 is 0 Å². The number of nitrogens with one attached hydrogen (secondary N) is 3. The summed E-state index contributed by atoms with van der Waals surface area (Å²) >= 11 is 0. The van der Waals surface area contributed by atoms with Gasteiger partial charge in [0.25, 0.3) is 5.91 Å². The van der Waals surface area contributed by atoms with E-state index in [1.54, 1.807) is 19.1 Å². The Hall–Kier alpha value is -2.22. The van der Waals surface area contributed by atoms with Gasteiger partial charge in [-0.15, -0.1) is 0 Å². The van der Waals surface area contributed by atoms with E-state index < -0.39 is 10.0 Å². The minimum Gasteiger partial charge on any atom is -0.323 e. The number of aryl methyl sites for hydroxylation is 2.